The minimum absolute atomic E-state index is 0.239. The van der Waals surface area contributed by atoms with Crippen LogP contribution in [0.25, 0.3) is 0 Å². The molecule has 0 saturated heterocycles. The molecule has 1 aliphatic rings. The summed E-state index contributed by atoms with van der Waals surface area (Å²) in [6, 6.07) is 4.74. The number of thiocarbonyl (C=S) groups is 1. The Kier molecular flexibility index (Phi) is 3.45. The van der Waals surface area contributed by atoms with Gasteiger partial charge in [0.2, 0.25) is 0 Å². The fourth-order valence-electron chi connectivity index (χ4n) is 2.34. The third-order valence-electron chi connectivity index (χ3n) is 3.44. The van der Waals surface area contributed by atoms with Crippen molar-refractivity contribution in [2.45, 2.75) is 19.6 Å². The zero-order valence-electron chi connectivity index (χ0n) is 10.8. The second kappa shape index (κ2) is 5.26. The van der Waals surface area contributed by atoms with Gasteiger partial charge in [0.15, 0.2) is 0 Å². The second-order valence-electron chi connectivity index (χ2n) is 4.82. The van der Waals surface area contributed by atoms with Crippen molar-refractivity contribution < 1.29 is 4.39 Å². The van der Waals surface area contributed by atoms with E-state index in [9.17, 15) is 4.39 Å². The van der Waals surface area contributed by atoms with Crippen molar-refractivity contribution in [3.8, 4) is 0 Å². The van der Waals surface area contributed by atoms with Gasteiger partial charge in [-0.25, -0.2) is 4.39 Å². The van der Waals surface area contributed by atoms with Crippen LogP contribution >= 0.6 is 12.2 Å². The van der Waals surface area contributed by atoms with Crippen molar-refractivity contribution in [2.75, 3.05) is 6.54 Å². The third-order valence-corrected chi connectivity index (χ3v) is 3.68. The molecule has 7 heteroatoms. The predicted molar refractivity (Wildman–Crippen MR) is 76.4 cm³/mol. The molecule has 1 aliphatic heterocycles. The number of nitrogens with two attached hydrogens (primary N) is 1. The van der Waals surface area contributed by atoms with E-state index in [1.807, 2.05) is 4.57 Å². The van der Waals surface area contributed by atoms with E-state index in [0.29, 0.717) is 24.2 Å². The van der Waals surface area contributed by atoms with Crippen LogP contribution in [0, 0.1) is 5.82 Å². The van der Waals surface area contributed by atoms with E-state index < -0.39 is 0 Å². The highest BCUT2D eigenvalue weighted by Crippen LogP contribution is 2.17. The Labute approximate surface area is 121 Å². The molecule has 0 fully saturated rings. The fraction of sp³-hybridized carbons (Fsp3) is 0.308. The van der Waals surface area contributed by atoms with Crippen molar-refractivity contribution in [3.63, 3.8) is 0 Å². The van der Waals surface area contributed by atoms with Gasteiger partial charge in [-0.15, -0.1) is 10.2 Å². The molecule has 0 spiro atoms. The van der Waals surface area contributed by atoms with Crippen LogP contribution in [0.15, 0.2) is 24.5 Å². The number of aromatic nitrogens is 3. The van der Waals surface area contributed by atoms with Gasteiger partial charge in [0, 0.05) is 30.8 Å². The van der Waals surface area contributed by atoms with Gasteiger partial charge in [-0.2, -0.15) is 0 Å². The summed E-state index contributed by atoms with van der Waals surface area (Å²) in [5.74, 6) is 0.666. The SMILES string of the molecule is NC(=S)c1ccc(F)c(CN2CCn3cnnc3C2)c1. The maximum atomic E-state index is 13.9. The van der Waals surface area contributed by atoms with Gasteiger partial charge in [-0.1, -0.05) is 12.2 Å². The summed E-state index contributed by atoms with van der Waals surface area (Å²) in [5.41, 5.74) is 6.88. The van der Waals surface area contributed by atoms with Crippen molar-refractivity contribution in [1.82, 2.24) is 19.7 Å². The van der Waals surface area contributed by atoms with Gasteiger partial charge in [0.1, 0.15) is 23.0 Å². The van der Waals surface area contributed by atoms with Crippen LogP contribution in [0.2, 0.25) is 0 Å². The monoisotopic (exact) mass is 291 g/mol. The summed E-state index contributed by atoms with van der Waals surface area (Å²) < 4.78 is 15.9. The molecule has 0 saturated carbocycles. The summed E-state index contributed by atoms with van der Waals surface area (Å²) in [6.45, 7) is 2.83. The van der Waals surface area contributed by atoms with E-state index in [-0.39, 0.29) is 10.8 Å². The summed E-state index contributed by atoms with van der Waals surface area (Å²) in [4.78, 5) is 2.41. The molecular formula is C13H14FN5S. The molecule has 0 atom stereocenters. The van der Waals surface area contributed by atoms with E-state index >= 15 is 0 Å². The zero-order valence-corrected chi connectivity index (χ0v) is 11.6. The maximum absolute atomic E-state index is 13.9. The Morgan fingerprint density at radius 3 is 3.05 bits per heavy atom. The Morgan fingerprint density at radius 1 is 1.40 bits per heavy atom. The number of hydrogen-bond donors (Lipinski definition) is 1. The van der Waals surface area contributed by atoms with Gasteiger partial charge in [-0.05, 0) is 18.2 Å². The first-order valence-corrected chi connectivity index (χ1v) is 6.71. The lowest BCUT2D eigenvalue weighted by atomic mass is 10.1. The molecule has 0 radical (unpaired) electrons. The van der Waals surface area contributed by atoms with Crippen LogP contribution in [0.1, 0.15) is 17.0 Å². The number of fused-ring (bicyclic) bond motifs is 1. The topological polar surface area (TPSA) is 60.0 Å². The summed E-state index contributed by atoms with van der Waals surface area (Å²) >= 11 is 4.93. The maximum Gasteiger partial charge on any atom is 0.147 e. The molecule has 20 heavy (non-hydrogen) atoms. The molecular weight excluding hydrogens is 277 g/mol. The molecule has 2 N–H and O–H groups in total. The molecule has 0 amide bonds. The number of benzene rings is 1. The summed E-state index contributed by atoms with van der Waals surface area (Å²) in [5, 5.41) is 7.93. The highest BCUT2D eigenvalue weighted by Gasteiger charge is 2.18. The van der Waals surface area contributed by atoms with Gasteiger partial charge in [-0.3, -0.25) is 4.90 Å². The van der Waals surface area contributed by atoms with Gasteiger partial charge >= 0.3 is 0 Å². The van der Waals surface area contributed by atoms with Gasteiger partial charge in [0.25, 0.3) is 0 Å². The number of hydrogen-bond acceptors (Lipinski definition) is 4. The van der Waals surface area contributed by atoms with E-state index in [0.717, 1.165) is 18.9 Å². The van der Waals surface area contributed by atoms with Crippen LogP contribution in [-0.2, 0) is 19.6 Å². The van der Waals surface area contributed by atoms with Gasteiger partial charge < -0.3 is 10.3 Å². The lowest BCUT2D eigenvalue weighted by Crippen LogP contribution is -2.33. The predicted octanol–water partition coefficient (Wildman–Crippen LogP) is 1.07. The minimum atomic E-state index is -0.239. The highest BCUT2D eigenvalue weighted by atomic mass is 32.1. The Hall–Kier alpha value is -1.86. The Balaban J connectivity index is 1.78. The smallest absolute Gasteiger partial charge is 0.147 e. The van der Waals surface area contributed by atoms with Crippen molar-refractivity contribution >= 4 is 17.2 Å². The van der Waals surface area contributed by atoms with Crippen molar-refractivity contribution in [3.05, 3.63) is 47.3 Å². The van der Waals surface area contributed by atoms with Crippen LogP contribution in [0.5, 0.6) is 0 Å². The molecule has 1 aromatic heterocycles. The number of nitrogens with zero attached hydrogens (tertiary/aromatic N) is 4. The quantitative estimate of drug-likeness (QED) is 0.857. The van der Waals surface area contributed by atoms with Crippen LogP contribution in [-0.4, -0.2) is 31.2 Å². The zero-order chi connectivity index (χ0) is 14.1. The minimum Gasteiger partial charge on any atom is -0.389 e. The molecule has 0 unspecified atom stereocenters. The average Bonchev–Trinajstić information content (AvgIpc) is 2.88. The first-order chi connectivity index (χ1) is 9.63. The molecule has 1 aromatic carbocycles. The molecule has 5 nitrogen and oxygen atoms in total. The number of rotatable bonds is 3. The first-order valence-electron chi connectivity index (χ1n) is 6.31. The van der Waals surface area contributed by atoms with E-state index in [1.54, 1.807) is 18.5 Å². The second-order valence-corrected chi connectivity index (χ2v) is 5.26. The lowest BCUT2D eigenvalue weighted by Gasteiger charge is -2.27. The van der Waals surface area contributed by atoms with E-state index in [2.05, 4.69) is 15.1 Å². The lowest BCUT2D eigenvalue weighted by molar-refractivity contribution is 0.206. The highest BCUT2D eigenvalue weighted by molar-refractivity contribution is 7.80. The van der Waals surface area contributed by atoms with E-state index in [4.69, 9.17) is 18.0 Å². The summed E-state index contributed by atoms with van der Waals surface area (Å²) in [6.07, 6.45) is 1.72. The van der Waals surface area contributed by atoms with E-state index in [1.165, 1.54) is 6.07 Å². The molecule has 2 aromatic rings. The largest absolute Gasteiger partial charge is 0.389 e. The van der Waals surface area contributed by atoms with Crippen molar-refractivity contribution in [1.29, 1.82) is 0 Å². The number of halogens is 1. The first kappa shape index (κ1) is 13.1. The van der Waals surface area contributed by atoms with Crippen LogP contribution in [0.3, 0.4) is 0 Å². The van der Waals surface area contributed by atoms with Crippen LogP contribution in [0.4, 0.5) is 4.39 Å². The molecule has 3 rings (SSSR count). The van der Waals surface area contributed by atoms with Crippen molar-refractivity contribution in [2.24, 2.45) is 5.73 Å². The molecule has 0 aliphatic carbocycles. The van der Waals surface area contributed by atoms with Gasteiger partial charge in [0.05, 0.1) is 6.54 Å². The molecule has 2 heterocycles. The fourth-order valence-corrected chi connectivity index (χ4v) is 2.47. The Morgan fingerprint density at radius 2 is 2.25 bits per heavy atom. The Bertz CT molecular complexity index is 654. The molecule has 0 bridgehead atoms. The normalized spacial score (nSPS) is 15.1. The molecule has 104 valence electrons. The third kappa shape index (κ3) is 2.54. The average molecular weight is 291 g/mol. The standard InChI is InChI=1S/C13H14FN5S/c14-11-2-1-9(13(15)20)5-10(11)6-18-3-4-19-8-16-17-12(19)7-18/h1-2,5,8H,3-4,6-7H2,(H2,15,20). The van der Waals surface area contributed by atoms with Crippen LogP contribution < -0.4 is 5.73 Å². The summed E-state index contributed by atoms with van der Waals surface area (Å²) in [7, 11) is 0.